The second kappa shape index (κ2) is 5.64. The third-order valence-corrected chi connectivity index (χ3v) is 3.58. The van der Waals surface area contributed by atoms with Gasteiger partial charge in [0.2, 0.25) is 5.91 Å². The van der Waals surface area contributed by atoms with E-state index >= 15 is 0 Å². The molecular formula is C12H23N3O. The molecule has 2 rings (SSSR count). The van der Waals surface area contributed by atoms with Gasteiger partial charge in [-0.25, -0.2) is 0 Å². The maximum Gasteiger partial charge on any atom is 0.218 e. The van der Waals surface area contributed by atoms with Crippen LogP contribution in [0.3, 0.4) is 0 Å². The molecule has 92 valence electrons. The standard InChI is InChI=1S/C12H23N3O/c13-12(16)7-8-14-9-1-3-10(4-2-9)15-11-5-6-11/h9-11,14-15H,1-8H2,(H2,13,16). The first kappa shape index (κ1) is 11.9. The lowest BCUT2D eigenvalue weighted by molar-refractivity contribution is -0.117. The Bertz CT molecular complexity index is 232. The molecule has 2 aliphatic carbocycles. The van der Waals surface area contributed by atoms with Gasteiger partial charge in [0.25, 0.3) is 0 Å². The van der Waals surface area contributed by atoms with Crippen molar-refractivity contribution in [3.63, 3.8) is 0 Å². The van der Waals surface area contributed by atoms with Crippen molar-refractivity contribution in [3.8, 4) is 0 Å². The molecule has 0 aliphatic heterocycles. The van der Waals surface area contributed by atoms with Crippen LogP contribution >= 0.6 is 0 Å². The molecular weight excluding hydrogens is 202 g/mol. The molecule has 16 heavy (non-hydrogen) atoms. The SMILES string of the molecule is NC(=O)CCNC1CCC(NC2CC2)CC1. The zero-order chi connectivity index (χ0) is 11.4. The Morgan fingerprint density at radius 3 is 2.00 bits per heavy atom. The van der Waals surface area contributed by atoms with Crippen molar-refractivity contribution >= 4 is 5.91 Å². The number of hydrogen-bond acceptors (Lipinski definition) is 3. The molecule has 0 aromatic carbocycles. The van der Waals surface area contributed by atoms with Crippen LogP contribution in [-0.4, -0.2) is 30.6 Å². The van der Waals surface area contributed by atoms with Crippen molar-refractivity contribution in [2.45, 2.75) is 63.1 Å². The Kier molecular flexibility index (Phi) is 4.18. The zero-order valence-corrected chi connectivity index (χ0v) is 9.87. The quantitative estimate of drug-likeness (QED) is 0.617. The summed E-state index contributed by atoms with van der Waals surface area (Å²) < 4.78 is 0. The maximum absolute atomic E-state index is 10.6. The average molecular weight is 225 g/mol. The lowest BCUT2D eigenvalue weighted by Crippen LogP contribution is -2.41. The number of nitrogens with one attached hydrogen (secondary N) is 2. The van der Waals surface area contributed by atoms with Crippen molar-refractivity contribution in [1.82, 2.24) is 10.6 Å². The highest BCUT2D eigenvalue weighted by Gasteiger charge is 2.27. The van der Waals surface area contributed by atoms with Crippen LogP contribution in [0.1, 0.15) is 44.9 Å². The van der Waals surface area contributed by atoms with Gasteiger partial charge in [0, 0.05) is 31.1 Å². The minimum atomic E-state index is -0.211. The zero-order valence-electron chi connectivity index (χ0n) is 9.87. The fourth-order valence-electron chi connectivity index (χ4n) is 2.45. The van der Waals surface area contributed by atoms with Gasteiger partial charge in [-0.1, -0.05) is 0 Å². The van der Waals surface area contributed by atoms with Gasteiger partial charge in [-0.15, -0.1) is 0 Å². The average Bonchev–Trinajstić information content (AvgIpc) is 3.04. The van der Waals surface area contributed by atoms with E-state index in [1.54, 1.807) is 0 Å². The van der Waals surface area contributed by atoms with Crippen LogP contribution in [0.25, 0.3) is 0 Å². The molecule has 0 spiro atoms. The summed E-state index contributed by atoms with van der Waals surface area (Å²) in [6, 6.07) is 2.16. The number of carbonyl (C=O) groups is 1. The smallest absolute Gasteiger partial charge is 0.218 e. The third-order valence-electron chi connectivity index (χ3n) is 3.58. The first-order valence-electron chi connectivity index (χ1n) is 6.52. The molecule has 0 radical (unpaired) electrons. The molecule has 0 heterocycles. The van der Waals surface area contributed by atoms with Crippen molar-refractivity contribution in [1.29, 1.82) is 0 Å². The van der Waals surface area contributed by atoms with E-state index in [2.05, 4.69) is 10.6 Å². The lowest BCUT2D eigenvalue weighted by Gasteiger charge is -2.29. The topological polar surface area (TPSA) is 67.2 Å². The molecule has 4 heteroatoms. The number of nitrogens with two attached hydrogens (primary N) is 1. The molecule has 0 bridgehead atoms. The second-order valence-corrected chi connectivity index (χ2v) is 5.16. The van der Waals surface area contributed by atoms with E-state index < -0.39 is 0 Å². The Hall–Kier alpha value is -0.610. The number of primary amides is 1. The van der Waals surface area contributed by atoms with E-state index in [-0.39, 0.29) is 5.91 Å². The van der Waals surface area contributed by atoms with Gasteiger partial charge >= 0.3 is 0 Å². The van der Waals surface area contributed by atoms with Crippen LogP contribution in [-0.2, 0) is 4.79 Å². The summed E-state index contributed by atoms with van der Waals surface area (Å²) in [6.07, 6.45) is 8.19. The maximum atomic E-state index is 10.6. The van der Waals surface area contributed by atoms with E-state index in [9.17, 15) is 4.79 Å². The third kappa shape index (κ3) is 4.10. The van der Waals surface area contributed by atoms with E-state index in [1.807, 2.05) is 0 Å². The van der Waals surface area contributed by atoms with Crippen molar-refractivity contribution < 1.29 is 4.79 Å². The van der Waals surface area contributed by atoms with E-state index in [0.29, 0.717) is 12.5 Å². The number of hydrogen-bond donors (Lipinski definition) is 3. The molecule has 4 nitrogen and oxygen atoms in total. The van der Waals surface area contributed by atoms with Crippen LogP contribution < -0.4 is 16.4 Å². The minimum Gasteiger partial charge on any atom is -0.370 e. The molecule has 0 atom stereocenters. The van der Waals surface area contributed by atoms with Crippen molar-refractivity contribution in [3.05, 3.63) is 0 Å². The van der Waals surface area contributed by atoms with Gasteiger partial charge in [-0.3, -0.25) is 4.79 Å². The van der Waals surface area contributed by atoms with E-state index in [4.69, 9.17) is 5.73 Å². The molecule has 0 saturated heterocycles. The largest absolute Gasteiger partial charge is 0.370 e. The van der Waals surface area contributed by atoms with E-state index in [0.717, 1.165) is 18.6 Å². The van der Waals surface area contributed by atoms with Gasteiger partial charge in [-0.05, 0) is 38.5 Å². The predicted octanol–water partition coefficient (Wildman–Crippen LogP) is 0.515. The van der Waals surface area contributed by atoms with Crippen LogP contribution in [0.2, 0.25) is 0 Å². The molecule has 0 aromatic heterocycles. The first-order valence-corrected chi connectivity index (χ1v) is 6.52. The van der Waals surface area contributed by atoms with E-state index in [1.165, 1.54) is 38.5 Å². The van der Waals surface area contributed by atoms with Gasteiger partial charge in [-0.2, -0.15) is 0 Å². The molecule has 2 aliphatic rings. The summed E-state index contributed by atoms with van der Waals surface area (Å²) in [5.41, 5.74) is 5.10. The van der Waals surface area contributed by atoms with Crippen LogP contribution in [0.4, 0.5) is 0 Å². The number of carbonyl (C=O) groups excluding carboxylic acids is 1. The van der Waals surface area contributed by atoms with Gasteiger partial charge in [0.1, 0.15) is 0 Å². The normalized spacial score (nSPS) is 30.2. The summed E-state index contributed by atoms with van der Waals surface area (Å²) in [6.45, 7) is 0.737. The van der Waals surface area contributed by atoms with Gasteiger partial charge in [0.05, 0.1) is 0 Å². The summed E-state index contributed by atoms with van der Waals surface area (Å²) in [5, 5.41) is 7.10. The number of rotatable bonds is 6. The highest BCUT2D eigenvalue weighted by atomic mass is 16.1. The van der Waals surface area contributed by atoms with Crippen LogP contribution in [0.5, 0.6) is 0 Å². The molecule has 0 aromatic rings. The molecule has 2 saturated carbocycles. The predicted molar refractivity (Wildman–Crippen MR) is 64.0 cm³/mol. The first-order chi connectivity index (χ1) is 7.74. The fraction of sp³-hybridized carbons (Fsp3) is 0.917. The highest BCUT2D eigenvalue weighted by Crippen LogP contribution is 2.25. The summed E-state index contributed by atoms with van der Waals surface area (Å²) in [4.78, 5) is 10.6. The van der Waals surface area contributed by atoms with Crippen LogP contribution in [0, 0.1) is 0 Å². The Labute approximate surface area is 97.3 Å². The minimum absolute atomic E-state index is 0.211. The van der Waals surface area contributed by atoms with Gasteiger partial charge in [0.15, 0.2) is 0 Å². The molecule has 0 unspecified atom stereocenters. The lowest BCUT2D eigenvalue weighted by atomic mass is 9.91. The van der Waals surface area contributed by atoms with Crippen LogP contribution in [0.15, 0.2) is 0 Å². The Balaban J connectivity index is 1.55. The fourth-order valence-corrected chi connectivity index (χ4v) is 2.45. The molecule has 2 fully saturated rings. The summed E-state index contributed by atoms with van der Waals surface area (Å²) in [5.74, 6) is -0.211. The number of amides is 1. The Morgan fingerprint density at radius 1 is 1.00 bits per heavy atom. The second-order valence-electron chi connectivity index (χ2n) is 5.16. The summed E-state index contributed by atoms with van der Waals surface area (Å²) in [7, 11) is 0. The van der Waals surface area contributed by atoms with Crippen molar-refractivity contribution in [2.24, 2.45) is 5.73 Å². The Morgan fingerprint density at radius 2 is 1.50 bits per heavy atom. The summed E-state index contributed by atoms with van der Waals surface area (Å²) >= 11 is 0. The molecule has 1 amide bonds. The molecule has 4 N–H and O–H groups in total. The van der Waals surface area contributed by atoms with Gasteiger partial charge < -0.3 is 16.4 Å². The van der Waals surface area contributed by atoms with Crippen molar-refractivity contribution in [2.75, 3.05) is 6.54 Å². The highest BCUT2D eigenvalue weighted by molar-refractivity contribution is 5.73. The monoisotopic (exact) mass is 225 g/mol.